The van der Waals surface area contributed by atoms with Crippen LogP contribution in [0.15, 0.2) is 60.7 Å². The number of ether oxygens (including phenoxy) is 1. The smallest absolute Gasteiger partial charge is 0.408 e. The monoisotopic (exact) mass is 431 g/mol. The third-order valence-corrected chi connectivity index (χ3v) is 5.54. The highest BCUT2D eigenvalue weighted by Crippen LogP contribution is 2.32. The number of anilines is 2. The lowest BCUT2D eigenvalue weighted by atomic mass is 9.99. The molecule has 0 radical (unpaired) electrons. The molecule has 0 saturated carbocycles. The summed E-state index contributed by atoms with van der Waals surface area (Å²) >= 11 is 0. The van der Waals surface area contributed by atoms with E-state index in [0.717, 1.165) is 33.3 Å². The summed E-state index contributed by atoms with van der Waals surface area (Å²) in [5.74, 6) is -0.180. The zero-order valence-electron chi connectivity index (χ0n) is 18.9. The summed E-state index contributed by atoms with van der Waals surface area (Å²) in [5.41, 5.74) is 3.20. The number of aryl methyl sites for hydroxylation is 1. The molecule has 0 fully saturated rings. The molecule has 1 aliphatic heterocycles. The summed E-state index contributed by atoms with van der Waals surface area (Å²) in [6.45, 7) is 8.13. The van der Waals surface area contributed by atoms with Crippen molar-refractivity contribution in [2.24, 2.45) is 0 Å². The number of para-hydroxylation sites is 2. The van der Waals surface area contributed by atoms with Crippen LogP contribution in [0, 0.1) is 6.92 Å². The Labute approximate surface area is 188 Å². The second-order valence-electron chi connectivity index (χ2n) is 9.10. The average molecular weight is 432 g/mol. The van der Waals surface area contributed by atoms with Crippen molar-refractivity contribution >= 4 is 34.1 Å². The summed E-state index contributed by atoms with van der Waals surface area (Å²) < 4.78 is 5.39. The lowest BCUT2D eigenvalue weighted by Gasteiger charge is -2.27. The minimum Gasteiger partial charge on any atom is -0.444 e. The Hall–Kier alpha value is -3.54. The molecule has 0 spiro atoms. The molecule has 166 valence electrons. The summed E-state index contributed by atoms with van der Waals surface area (Å²) in [4.78, 5) is 27.9. The average Bonchev–Trinajstić information content (AvgIpc) is 2.86. The number of amides is 2. The van der Waals surface area contributed by atoms with Crippen LogP contribution >= 0.6 is 0 Å². The van der Waals surface area contributed by atoms with Gasteiger partial charge >= 0.3 is 6.09 Å². The molecule has 0 aliphatic carbocycles. The van der Waals surface area contributed by atoms with Crippen molar-refractivity contribution in [3.63, 3.8) is 0 Å². The van der Waals surface area contributed by atoms with Crippen molar-refractivity contribution in [1.29, 1.82) is 0 Å². The van der Waals surface area contributed by atoms with Gasteiger partial charge in [-0.2, -0.15) is 0 Å². The number of benzene rings is 3. The molecule has 4 rings (SSSR count). The third kappa shape index (κ3) is 4.54. The van der Waals surface area contributed by atoms with Crippen molar-refractivity contribution in [3.05, 3.63) is 71.8 Å². The van der Waals surface area contributed by atoms with Gasteiger partial charge in [0.2, 0.25) is 0 Å². The zero-order chi connectivity index (χ0) is 22.9. The van der Waals surface area contributed by atoms with Crippen LogP contribution in [0.1, 0.15) is 31.9 Å². The predicted molar refractivity (Wildman–Crippen MR) is 128 cm³/mol. The van der Waals surface area contributed by atoms with Crippen molar-refractivity contribution in [2.45, 2.75) is 45.9 Å². The van der Waals surface area contributed by atoms with Crippen LogP contribution in [-0.2, 0) is 16.1 Å². The van der Waals surface area contributed by atoms with E-state index in [0.29, 0.717) is 6.54 Å². The maximum absolute atomic E-state index is 13.7. The summed E-state index contributed by atoms with van der Waals surface area (Å²) in [6.07, 6.45) is -0.607. The highest BCUT2D eigenvalue weighted by Gasteiger charge is 2.33. The van der Waals surface area contributed by atoms with E-state index in [1.165, 1.54) is 0 Å². The number of rotatable bonds is 3. The first-order valence-electron chi connectivity index (χ1n) is 10.8. The number of hydrogen-bond acceptors (Lipinski definition) is 4. The van der Waals surface area contributed by atoms with E-state index in [1.807, 2.05) is 36.4 Å². The summed E-state index contributed by atoms with van der Waals surface area (Å²) in [7, 11) is 0. The number of hydrogen-bond donors (Lipinski definition) is 2. The number of fused-ring (bicyclic) bond motifs is 2. The van der Waals surface area contributed by atoms with Crippen molar-refractivity contribution in [3.8, 4) is 0 Å². The van der Waals surface area contributed by atoms with Crippen LogP contribution in [0.5, 0.6) is 0 Å². The molecular weight excluding hydrogens is 402 g/mol. The maximum Gasteiger partial charge on any atom is 0.408 e. The molecule has 1 unspecified atom stereocenters. The second-order valence-corrected chi connectivity index (χ2v) is 9.10. The van der Waals surface area contributed by atoms with Gasteiger partial charge in [0.25, 0.3) is 5.91 Å². The molecule has 6 heteroatoms. The highest BCUT2D eigenvalue weighted by molar-refractivity contribution is 6.03. The van der Waals surface area contributed by atoms with Gasteiger partial charge in [-0.1, -0.05) is 48.5 Å². The Morgan fingerprint density at radius 3 is 2.59 bits per heavy atom. The second kappa shape index (κ2) is 8.54. The molecule has 32 heavy (non-hydrogen) atoms. The fourth-order valence-corrected chi connectivity index (χ4v) is 4.00. The fourth-order valence-electron chi connectivity index (χ4n) is 4.00. The van der Waals surface area contributed by atoms with Gasteiger partial charge in [-0.3, -0.25) is 4.79 Å². The molecule has 1 heterocycles. The van der Waals surface area contributed by atoms with E-state index in [1.54, 1.807) is 25.7 Å². The van der Waals surface area contributed by atoms with Crippen LogP contribution in [0.4, 0.5) is 16.2 Å². The van der Waals surface area contributed by atoms with E-state index >= 15 is 0 Å². The van der Waals surface area contributed by atoms with Crippen molar-refractivity contribution in [1.82, 2.24) is 5.32 Å². The van der Waals surface area contributed by atoms with E-state index < -0.39 is 17.7 Å². The Morgan fingerprint density at radius 2 is 1.81 bits per heavy atom. The molecule has 6 nitrogen and oxygen atoms in total. The number of nitrogens with one attached hydrogen (secondary N) is 2. The molecular formula is C26H29N3O3. The molecule has 2 amide bonds. The van der Waals surface area contributed by atoms with Gasteiger partial charge in [0, 0.05) is 6.54 Å². The van der Waals surface area contributed by atoms with Gasteiger partial charge in [-0.15, -0.1) is 0 Å². The molecule has 0 aromatic heterocycles. The van der Waals surface area contributed by atoms with E-state index in [9.17, 15) is 9.59 Å². The van der Waals surface area contributed by atoms with Gasteiger partial charge in [-0.05, 0) is 61.7 Å². The maximum atomic E-state index is 13.7. The molecule has 3 aromatic carbocycles. The van der Waals surface area contributed by atoms with Gasteiger partial charge in [0.05, 0.1) is 17.9 Å². The first-order valence-corrected chi connectivity index (χ1v) is 10.8. The van der Waals surface area contributed by atoms with Gasteiger partial charge in [-0.25, -0.2) is 4.79 Å². The topological polar surface area (TPSA) is 70.7 Å². The molecule has 3 aromatic rings. The first kappa shape index (κ1) is 21.7. The zero-order valence-corrected chi connectivity index (χ0v) is 18.9. The molecule has 1 aliphatic rings. The SMILES string of the molecule is Cc1ccc2ccccc2c1CN1C(=O)C(NC(=O)OC(C)(C)C)CNc2ccccc21. The number of carbonyl (C=O) groups excluding carboxylic acids is 2. The number of nitrogens with zero attached hydrogens (tertiary/aromatic N) is 1. The number of alkyl carbamates (subject to hydrolysis) is 1. The fraction of sp³-hybridized carbons (Fsp3) is 0.308. The summed E-state index contributed by atoms with van der Waals surface area (Å²) in [6, 6.07) is 19.3. The van der Waals surface area contributed by atoms with E-state index in [2.05, 4.69) is 41.8 Å². The van der Waals surface area contributed by atoms with Gasteiger partial charge in [0.1, 0.15) is 11.6 Å². The molecule has 0 bridgehead atoms. The van der Waals surface area contributed by atoms with Crippen molar-refractivity contribution < 1.29 is 14.3 Å². The molecule has 2 N–H and O–H groups in total. The third-order valence-electron chi connectivity index (χ3n) is 5.54. The minimum absolute atomic E-state index is 0.180. The summed E-state index contributed by atoms with van der Waals surface area (Å²) in [5, 5.41) is 8.31. The molecule has 1 atom stereocenters. The lowest BCUT2D eigenvalue weighted by Crippen LogP contribution is -2.51. The Morgan fingerprint density at radius 1 is 1.09 bits per heavy atom. The Balaban J connectivity index is 1.71. The largest absolute Gasteiger partial charge is 0.444 e. The van der Waals surface area contributed by atoms with Crippen LogP contribution < -0.4 is 15.5 Å². The van der Waals surface area contributed by atoms with Crippen LogP contribution in [0.3, 0.4) is 0 Å². The number of carbonyl (C=O) groups is 2. The van der Waals surface area contributed by atoms with Crippen LogP contribution in [0.25, 0.3) is 10.8 Å². The molecule has 0 saturated heterocycles. The van der Waals surface area contributed by atoms with Crippen LogP contribution in [-0.4, -0.2) is 30.2 Å². The predicted octanol–water partition coefficient (Wildman–Crippen LogP) is 5.00. The standard InChI is InChI=1S/C26H29N3O3/c1-17-13-14-18-9-5-6-10-19(18)20(17)16-29-23-12-8-7-11-21(23)27-15-22(24(29)30)28-25(31)32-26(2,3)4/h5-14,22,27H,15-16H2,1-4H3,(H,28,31). The lowest BCUT2D eigenvalue weighted by molar-refractivity contribution is -0.120. The van der Waals surface area contributed by atoms with Crippen molar-refractivity contribution in [2.75, 3.05) is 16.8 Å². The van der Waals surface area contributed by atoms with E-state index in [4.69, 9.17) is 4.74 Å². The van der Waals surface area contributed by atoms with Gasteiger partial charge < -0.3 is 20.3 Å². The van der Waals surface area contributed by atoms with Gasteiger partial charge in [0.15, 0.2) is 0 Å². The first-order chi connectivity index (χ1) is 15.2. The minimum atomic E-state index is -0.757. The van der Waals surface area contributed by atoms with Crippen LogP contribution in [0.2, 0.25) is 0 Å². The normalized spacial score (nSPS) is 16.2. The Kier molecular flexibility index (Phi) is 5.78. The van der Waals surface area contributed by atoms with E-state index in [-0.39, 0.29) is 12.5 Å². The highest BCUT2D eigenvalue weighted by atomic mass is 16.6. The Bertz CT molecular complexity index is 1170. The quantitative estimate of drug-likeness (QED) is 0.612.